The summed E-state index contributed by atoms with van der Waals surface area (Å²) in [6.07, 6.45) is -1.56. The third-order valence-corrected chi connectivity index (χ3v) is 5.78. The minimum Gasteiger partial charge on any atom is -0.355 e. The SMILES string of the molecule is CCCc1cc2c(C(F)(F)F)noc2c(CCC)c1OOC(=O)Cc1ccc(CC(C)C)cc1C. The van der Waals surface area contributed by atoms with Crippen LogP contribution in [-0.4, -0.2) is 11.1 Å². The van der Waals surface area contributed by atoms with Gasteiger partial charge in [-0.2, -0.15) is 13.2 Å². The number of alkyl halides is 3. The van der Waals surface area contributed by atoms with E-state index in [0.717, 1.165) is 17.5 Å². The minimum absolute atomic E-state index is 0.00154. The number of carbonyl (C=O) groups excluding carboxylic acids is 1. The summed E-state index contributed by atoms with van der Waals surface area (Å²) in [5.41, 5.74) is 2.88. The average molecular weight is 492 g/mol. The molecule has 0 unspecified atom stereocenters. The van der Waals surface area contributed by atoms with Crippen molar-refractivity contribution in [2.45, 2.75) is 79.3 Å². The molecule has 2 aromatic carbocycles. The van der Waals surface area contributed by atoms with Gasteiger partial charge in [0.1, 0.15) is 0 Å². The first-order valence-corrected chi connectivity index (χ1v) is 12.0. The standard InChI is InChI=1S/C27H32F3NO4/c1-6-8-20-14-22-25(33-31-26(22)27(28,29)30)21(9-7-2)24(20)35-34-23(32)15-19-11-10-18(12-16(3)4)13-17(19)5/h10-11,13-14,16H,6-9,12,15H2,1-5H3. The first kappa shape index (κ1) is 26.6. The van der Waals surface area contributed by atoms with Crippen molar-refractivity contribution in [3.05, 3.63) is 57.8 Å². The van der Waals surface area contributed by atoms with E-state index < -0.39 is 17.8 Å². The predicted octanol–water partition coefficient (Wildman–Crippen LogP) is 7.34. The Morgan fingerprint density at radius 3 is 2.40 bits per heavy atom. The molecule has 0 aliphatic carbocycles. The number of nitrogens with zero attached hydrogens (tertiary/aromatic N) is 1. The lowest BCUT2D eigenvalue weighted by atomic mass is 9.97. The van der Waals surface area contributed by atoms with Crippen molar-refractivity contribution >= 4 is 16.9 Å². The number of hydrogen-bond acceptors (Lipinski definition) is 5. The predicted molar refractivity (Wildman–Crippen MR) is 127 cm³/mol. The van der Waals surface area contributed by atoms with E-state index in [-0.39, 0.29) is 23.1 Å². The van der Waals surface area contributed by atoms with Crippen LogP contribution in [0.2, 0.25) is 0 Å². The Morgan fingerprint density at radius 2 is 1.80 bits per heavy atom. The van der Waals surface area contributed by atoms with Gasteiger partial charge < -0.3 is 4.52 Å². The highest BCUT2D eigenvalue weighted by Crippen LogP contribution is 2.40. The Morgan fingerprint density at radius 1 is 1.09 bits per heavy atom. The van der Waals surface area contributed by atoms with Crippen molar-refractivity contribution in [3.8, 4) is 5.75 Å². The van der Waals surface area contributed by atoms with E-state index in [2.05, 4.69) is 25.1 Å². The van der Waals surface area contributed by atoms with Crippen LogP contribution in [0.25, 0.3) is 11.0 Å². The summed E-state index contributed by atoms with van der Waals surface area (Å²) in [7, 11) is 0. The van der Waals surface area contributed by atoms with Crippen LogP contribution in [0.4, 0.5) is 13.2 Å². The Kier molecular flexibility index (Phi) is 8.46. The zero-order valence-corrected chi connectivity index (χ0v) is 20.8. The summed E-state index contributed by atoms with van der Waals surface area (Å²) in [6, 6.07) is 7.36. The maximum atomic E-state index is 13.4. The summed E-state index contributed by atoms with van der Waals surface area (Å²) in [5, 5.41) is 3.16. The molecule has 0 saturated heterocycles. The maximum Gasteiger partial charge on any atom is 0.437 e. The quantitative estimate of drug-likeness (QED) is 0.219. The molecule has 190 valence electrons. The van der Waals surface area contributed by atoms with E-state index in [9.17, 15) is 18.0 Å². The number of carbonyl (C=O) groups is 1. The second-order valence-electron chi connectivity index (χ2n) is 9.32. The van der Waals surface area contributed by atoms with Crippen LogP contribution in [0.1, 0.15) is 74.0 Å². The van der Waals surface area contributed by atoms with E-state index in [1.807, 2.05) is 32.9 Å². The molecule has 0 bridgehead atoms. The van der Waals surface area contributed by atoms with E-state index in [4.69, 9.17) is 14.3 Å². The van der Waals surface area contributed by atoms with Gasteiger partial charge in [0.05, 0.1) is 11.8 Å². The molecule has 8 heteroatoms. The molecule has 3 rings (SSSR count). The van der Waals surface area contributed by atoms with Crippen LogP contribution in [0.15, 0.2) is 28.8 Å². The first-order chi connectivity index (χ1) is 16.5. The summed E-state index contributed by atoms with van der Waals surface area (Å²) in [4.78, 5) is 23.3. The van der Waals surface area contributed by atoms with Gasteiger partial charge in [-0.25, -0.2) is 4.79 Å². The fraction of sp³-hybridized carbons (Fsp3) is 0.481. The molecule has 0 atom stereocenters. The molecule has 0 amide bonds. The molecule has 35 heavy (non-hydrogen) atoms. The van der Waals surface area contributed by atoms with E-state index in [0.29, 0.717) is 42.7 Å². The van der Waals surface area contributed by atoms with Gasteiger partial charge in [-0.15, -0.1) is 0 Å². The van der Waals surface area contributed by atoms with Crippen LogP contribution in [0.3, 0.4) is 0 Å². The van der Waals surface area contributed by atoms with Crippen molar-refractivity contribution in [3.63, 3.8) is 0 Å². The van der Waals surface area contributed by atoms with E-state index >= 15 is 0 Å². The zero-order valence-electron chi connectivity index (χ0n) is 20.8. The molecule has 0 spiro atoms. The van der Waals surface area contributed by atoms with Gasteiger partial charge in [-0.05, 0) is 54.9 Å². The van der Waals surface area contributed by atoms with Gasteiger partial charge in [0.15, 0.2) is 17.0 Å². The fourth-order valence-electron chi connectivity index (χ4n) is 4.25. The molecule has 5 nitrogen and oxygen atoms in total. The van der Waals surface area contributed by atoms with Crippen LogP contribution >= 0.6 is 0 Å². The summed E-state index contributed by atoms with van der Waals surface area (Å²) < 4.78 is 45.4. The third-order valence-electron chi connectivity index (χ3n) is 5.78. The van der Waals surface area contributed by atoms with Crippen molar-refractivity contribution in [1.29, 1.82) is 0 Å². The van der Waals surface area contributed by atoms with Crippen LogP contribution in [-0.2, 0) is 41.5 Å². The van der Waals surface area contributed by atoms with Crippen molar-refractivity contribution in [2.24, 2.45) is 5.92 Å². The number of fused-ring (bicyclic) bond motifs is 1. The maximum absolute atomic E-state index is 13.4. The molecular weight excluding hydrogens is 459 g/mol. The highest BCUT2D eigenvalue weighted by Gasteiger charge is 2.38. The largest absolute Gasteiger partial charge is 0.437 e. The fourth-order valence-corrected chi connectivity index (χ4v) is 4.25. The Balaban J connectivity index is 1.87. The minimum atomic E-state index is -4.64. The molecule has 0 radical (unpaired) electrons. The third kappa shape index (κ3) is 6.35. The molecule has 0 saturated carbocycles. The summed E-state index contributed by atoms with van der Waals surface area (Å²) in [6.45, 7) is 10.0. The number of benzene rings is 2. The highest BCUT2D eigenvalue weighted by molar-refractivity contribution is 5.86. The summed E-state index contributed by atoms with van der Waals surface area (Å²) >= 11 is 0. The second kappa shape index (κ2) is 11.1. The van der Waals surface area contributed by atoms with Crippen LogP contribution < -0.4 is 4.89 Å². The number of rotatable bonds is 10. The molecule has 0 aliphatic rings. The number of hydrogen-bond donors (Lipinski definition) is 0. The molecule has 0 N–H and O–H groups in total. The lowest BCUT2D eigenvalue weighted by molar-refractivity contribution is -0.213. The second-order valence-corrected chi connectivity index (χ2v) is 9.32. The molecule has 0 fully saturated rings. The normalized spacial score (nSPS) is 11.9. The average Bonchev–Trinajstić information content (AvgIpc) is 3.19. The lowest BCUT2D eigenvalue weighted by Gasteiger charge is -2.15. The molecule has 1 aromatic heterocycles. The van der Waals surface area contributed by atoms with E-state index in [1.54, 1.807) is 0 Å². The van der Waals surface area contributed by atoms with Crippen LogP contribution in [0, 0.1) is 12.8 Å². The summed E-state index contributed by atoms with van der Waals surface area (Å²) in [5.74, 6) is 0.161. The van der Waals surface area contributed by atoms with Crippen molar-refractivity contribution in [2.75, 3.05) is 0 Å². The van der Waals surface area contributed by atoms with Crippen molar-refractivity contribution in [1.82, 2.24) is 5.16 Å². The smallest absolute Gasteiger partial charge is 0.355 e. The molecule has 0 aliphatic heterocycles. The van der Waals surface area contributed by atoms with Gasteiger partial charge in [0.2, 0.25) is 0 Å². The van der Waals surface area contributed by atoms with Gasteiger partial charge in [0, 0.05) is 11.1 Å². The van der Waals surface area contributed by atoms with Crippen LogP contribution in [0.5, 0.6) is 5.75 Å². The number of aromatic nitrogens is 1. The highest BCUT2D eigenvalue weighted by atomic mass is 19.4. The Hall–Kier alpha value is -3.03. The zero-order chi connectivity index (χ0) is 25.8. The molecule has 3 aromatic rings. The van der Waals surface area contributed by atoms with E-state index in [1.165, 1.54) is 11.6 Å². The monoisotopic (exact) mass is 491 g/mol. The lowest BCUT2D eigenvalue weighted by Crippen LogP contribution is -2.14. The first-order valence-electron chi connectivity index (χ1n) is 12.0. The van der Waals surface area contributed by atoms with Gasteiger partial charge in [-0.1, -0.05) is 63.9 Å². The Bertz CT molecular complexity index is 1180. The van der Waals surface area contributed by atoms with Gasteiger partial charge in [0.25, 0.3) is 0 Å². The number of aryl methyl sites for hydroxylation is 3. The van der Waals surface area contributed by atoms with Gasteiger partial charge >= 0.3 is 12.1 Å². The number of halogens is 3. The molecule has 1 heterocycles. The van der Waals surface area contributed by atoms with Crippen molar-refractivity contribution < 1.29 is 32.3 Å². The van der Waals surface area contributed by atoms with Gasteiger partial charge in [-0.3, -0.25) is 9.78 Å². The molecular formula is C27H32F3NO4. The Labute approximate surface area is 203 Å². The topological polar surface area (TPSA) is 61.6 Å².